The van der Waals surface area contributed by atoms with Crippen molar-refractivity contribution < 1.29 is 11.4 Å². The zero-order valence-electron chi connectivity index (χ0n) is 17.2. The first-order valence-electron chi connectivity index (χ1n) is 9.20. The third-order valence-corrected chi connectivity index (χ3v) is 4.30. The van der Waals surface area contributed by atoms with Gasteiger partial charge >= 0.3 is 41.5 Å². The van der Waals surface area contributed by atoms with Gasteiger partial charge in [0.1, 0.15) is 0 Å². The van der Waals surface area contributed by atoms with Gasteiger partial charge in [0.15, 0.2) is 0 Å². The van der Waals surface area contributed by atoms with Gasteiger partial charge in [-0.05, 0) is 63.1 Å². The van der Waals surface area contributed by atoms with Crippen molar-refractivity contribution in [1.29, 1.82) is 0 Å². The van der Waals surface area contributed by atoms with Crippen LogP contribution in [0.25, 0.3) is 0 Å². The molecule has 3 nitrogen and oxygen atoms in total. The molecule has 0 N–H and O–H groups in total. The molecule has 0 aliphatic heterocycles. The number of rotatable bonds is 4. The molecule has 1 heterocycles. The zero-order valence-corrected chi connectivity index (χ0v) is 20.8. The molecule has 1 aromatic heterocycles. The summed E-state index contributed by atoms with van der Waals surface area (Å²) >= 11 is -1.62. The quantitative estimate of drug-likeness (QED) is 0.335. The Labute approximate surface area is 195 Å². The molecular formula is C23H23Cl3CrN3. The third-order valence-electron chi connectivity index (χ3n) is 4.30. The van der Waals surface area contributed by atoms with Crippen LogP contribution in [-0.4, -0.2) is 16.4 Å². The Hall–Kier alpha value is -1.67. The zero-order chi connectivity index (χ0) is 22.1. The Morgan fingerprint density at radius 2 is 1.03 bits per heavy atom. The van der Waals surface area contributed by atoms with Crippen LogP contribution in [0.1, 0.15) is 36.4 Å². The van der Waals surface area contributed by atoms with Gasteiger partial charge in [0, 0.05) is 0 Å². The molecule has 157 valence electrons. The fourth-order valence-corrected chi connectivity index (χ4v) is 2.69. The van der Waals surface area contributed by atoms with Gasteiger partial charge in [-0.15, -0.1) is 0 Å². The second-order valence-electron chi connectivity index (χ2n) is 6.55. The van der Waals surface area contributed by atoms with Crippen molar-refractivity contribution in [3.05, 3.63) is 89.2 Å². The van der Waals surface area contributed by atoms with E-state index in [1.165, 1.54) is 0 Å². The van der Waals surface area contributed by atoms with Crippen molar-refractivity contribution in [2.24, 2.45) is 9.98 Å². The summed E-state index contributed by atoms with van der Waals surface area (Å²) in [5.74, 6) is 0. The average molecular weight is 500 g/mol. The van der Waals surface area contributed by atoms with Crippen LogP contribution < -0.4 is 0 Å². The van der Waals surface area contributed by atoms with Crippen molar-refractivity contribution in [2.45, 2.75) is 27.7 Å². The van der Waals surface area contributed by atoms with Crippen molar-refractivity contribution in [3.63, 3.8) is 0 Å². The number of benzene rings is 2. The Kier molecular flexibility index (Phi) is 10.0. The minimum atomic E-state index is -1.62. The summed E-state index contributed by atoms with van der Waals surface area (Å²) in [6.45, 7) is 8.11. The van der Waals surface area contributed by atoms with Crippen LogP contribution >= 0.6 is 30.1 Å². The maximum atomic E-state index is 4.93. The average Bonchev–Trinajstić information content (AvgIpc) is 2.71. The van der Waals surface area contributed by atoms with Gasteiger partial charge in [0.2, 0.25) is 0 Å². The number of hydrogen-bond acceptors (Lipinski definition) is 3. The summed E-state index contributed by atoms with van der Waals surface area (Å²) in [5.41, 5.74) is 7.77. The first kappa shape index (κ1) is 24.6. The molecule has 0 fully saturated rings. The molecule has 0 unspecified atom stereocenters. The Morgan fingerprint density at radius 3 is 1.40 bits per heavy atom. The second kappa shape index (κ2) is 12.3. The van der Waals surface area contributed by atoms with Gasteiger partial charge in [0.05, 0.1) is 34.2 Å². The van der Waals surface area contributed by atoms with E-state index < -0.39 is 11.4 Å². The molecule has 30 heavy (non-hydrogen) atoms. The van der Waals surface area contributed by atoms with Crippen LogP contribution in [0.3, 0.4) is 0 Å². The van der Waals surface area contributed by atoms with Gasteiger partial charge in [-0.1, -0.05) is 42.5 Å². The van der Waals surface area contributed by atoms with E-state index in [1.807, 2.05) is 68.4 Å². The van der Waals surface area contributed by atoms with Gasteiger partial charge in [-0.25, -0.2) is 4.98 Å². The van der Waals surface area contributed by atoms with Crippen molar-refractivity contribution in [1.82, 2.24) is 4.98 Å². The number of aryl methyl sites for hydroxylation is 2. The number of nitrogens with zero attached hydrogens (tertiary/aromatic N) is 3. The number of aliphatic imine (C=N–C) groups is 2. The van der Waals surface area contributed by atoms with Crippen LogP contribution in [-0.2, 0) is 11.4 Å². The summed E-state index contributed by atoms with van der Waals surface area (Å²) in [6, 6.07) is 22.2. The van der Waals surface area contributed by atoms with Crippen LogP contribution in [0.15, 0.2) is 76.7 Å². The monoisotopic (exact) mass is 498 g/mol. The molecule has 0 saturated carbocycles. The Morgan fingerprint density at radius 1 is 0.667 bits per heavy atom. The molecular weight excluding hydrogens is 477 g/mol. The SMILES string of the molecule is CC(=Nc1ccccc1C)c1cccc(C(C)=Nc2ccccc2C)n1.[Cl][Cr]([Cl])[Cl]. The minimum absolute atomic E-state index is 0.866. The maximum absolute atomic E-state index is 4.93. The molecule has 2 aromatic carbocycles. The van der Waals surface area contributed by atoms with E-state index in [0.717, 1.165) is 45.3 Å². The van der Waals surface area contributed by atoms with Gasteiger partial charge in [0.25, 0.3) is 0 Å². The predicted molar refractivity (Wildman–Crippen MR) is 128 cm³/mol. The summed E-state index contributed by atoms with van der Waals surface area (Å²) in [6.07, 6.45) is 0. The first-order chi connectivity index (χ1) is 14.3. The van der Waals surface area contributed by atoms with Crippen molar-refractivity contribution in [3.8, 4) is 0 Å². The van der Waals surface area contributed by atoms with Crippen LogP contribution in [0.5, 0.6) is 0 Å². The van der Waals surface area contributed by atoms with E-state index in [0.29, 0.717) is 0 Å². The molecule has 0 saturated heterocycles. The molecule has 3 rings (SSSR count). The van der Waals surface area contributed by atoms with E-state index in [9.17, 15) is 0 Å². The topological polar surface area (TPSA) is 37.6 Å². The molecule has 0 amide bonds. The number of para-hydroxylation sites is 2. The number of pyridine rings is 1. The standard InChI is InChI=1S/C23H23N3.3ClH.Cr/c1-16-10-5-7-12-20(16)24-18(3)22-14-9-15-23(26-22)19(4)25-21-13-8-6-11-17(21)2;;;;/h5-15H,1-4H3;3*1H;/q;;;;+3/p-3. The Bertz CT molecular complexity index is 970. The Balaban J connectivity index is 0.000000735. The van der Waals surface area contributed by atoms with Crippen LogP contribution in [0.2, 0.25) is 0 Å². The first-order valence-corrected chi connectivity index (χ1v) is 14.5. The van der Waals surface area contributed by atoms with Crippen LogP contribution in [0.4, 0.5) is 11.4 Å². The molecule has 0 atom stereocenters. The normalized spacial score (nSPS) is 11.9. The molecule has 0 bridgehead atoms. The fraction of sp³-hybridized carbons (Fsp3) is 0.174. The number of hydrogen-bond donors (Lipinski definition) is 0. The molecule has 7 heteroatoms. The fourth-order valence-electron chi connectivity index (χ4n) is 2.69. The molecule has 3 aromatic rings. The van der Waals surface area contributed by atoms with E-state index in [4.69, 9.17) is 45.1 Å². The molecule has 0 aliphatic rings. The van der Waals surface area contributed by atoms with Gasteiger partial charge in [-0.2, -0.15) is 0 Å². The molecule has 0 radical (unpaired) electrons. The van der Waals surface area contributed by atoms with E-state index in [2.05, 4.69) is 26.0 Å². The van der Waals surface area contributed by atoms with Crippen molar-refractivity contribution in [2.75, 3.05) is 0 Å². The predicted octanol–water partition coefficient (Wildman–Crippen LogP) is 8.05. The van der Waals surface area contributed by atoms with E-state index in [1.54, 1.807) is 0 Å². The van der Waals surface area contributed by atoms with E-state index in [-0.39, 0.29) is 0 Å². The van der Waals surface area contributed by atoms with E-state index >= 15 is 0 Å². The summed E-state index contributed by atoms with van der Waals surface area (Å²) in [4.78, 5) is 14.2. The summed E-state index contributed by atoms with van der Waals surface area (Å²) in [7, 11) is 14.8. The van der Waals surface area contributed by atoms with Crippen LogP contribution in [0, 0.1) is 13.8 Å². The molecule has 0 aliphatic carbocycles. The second-order valence-corrected chi connectivity index (χ2v) is 12.9. The third kappa shape index (κ3) is 7.87. The number of halogens is 3. The molecule has 0 spiro atoms. The van der Waals surface area contributed by atoms with Crippen molar-refractivity contribution >= 4 is 52.9 Å². The van der Waals surface area contributed by atoms with Gasteiger partial charge < -0.3 is 0 Å². The summed E-state index contributed by atoms with van der Waals surface area (Å²) in [5, 5.41) is 0. The number of aromatic nitrogens is 1. The summed E-state index contributed by atoms with van der Waals surface area (Å²) < 4.78 is 0. The van der Waals surface area contributed by atoms with Gasteiger partial charge in [-0.3, -0.25) is 9.98 Å².